The van der Waals surface area contributed by atoms with E-state index >= 15 is 0 Å². The number of fused-ring (bicyclic) bond motifs is 1. The lowest BCUT2D eigenvalue weighted by atomic mass is 10.1. The first-order valence-corrected chi connectivity index (χ1v) is 11.6. The average molecular weight is 445 g/mol. The maximum absolute atomic E-state index is 4.85. The number of anilines is 4. The first kappa shape index (κ1) is 20.0. The summed E-state index contributed by atoms with van der Waals surface area (Å²) in [6.07, 6.45) is 10.1. The minimum absolute atomic E-state index is 0.527. The summed E-state index contributed by atoms with van der Waals surface area (Å²) in [7, 11) is 1.94. The van der Waals surface area contributed by atoms with Gasteiger partial charge >= 0.3 is 0 Å². The smallest absolute Gasteiger partial charge is 0.246 e. The lowest BCUT2D eigenvalue weighted by Gasteiger charge is -2.29. The molecule has 0 unspecified atom stereocenters. The second-order valence-electron chi connectivity index (χ2n) is 8.66. The largest absolute Gasteiger partial charge is 0.368 e. The van der Waals surface area contributed by atoms with E-state index in [1.807, 2.05) is 47.1 Å². The molecule has 10 heteroatoms. The molecule has 0 amide bonds. The molecule has 10 nitrogen and oxygen atoms in total. The van der Waals surface area contributed by atoms with Crippen LogP contribution in [-0.2, 0) is 7.05 Å². The van der Waals surface area contributed by atoms with Crippen LogP contribution in [0.4, 0.5) is 23.3 Å². The van der Waals surface area contributed by atoms with E-state index in [0.717, 1.165) is 73.2 Å². The van der Waals surface area contributed by atoms with E-state index < -0.39 is 0 Å². The molecule has 2 saturated heterocycles. The zero-order valence-corrected chi connectivity index (χ0v) is 18.8. The van der Waals surface area contributed by atoms with E-state index in [2.05, 4.69) is 47.6 Å². The van der Waals surface area contributed by atoms with Crippen molar-refractivity contribution in [3.63, 3.8) is 0 Å². The summed E-state index contributed by atoms with van der Waals surface area (Å²) in [5.41, 5.74) is 4.32. The first-order chi connectivity index (χ1) is 16.2. The number of rotatable bonds is 5. The van der Waals surface area contributed by atoms with Gasteiger partial charge in [0, 0.05) is 63.6 Å². The van der Waals surface area contributed by atoms with Crippen molar-refractivity contribution in [3.8, 4) is 11.1 Å². The Morgan fingerprint density at radius 3 is 2.52 bits per heavy atom. The SMILES string of the molecule is Cn1cc(-c2cc3cnc(Nc4ccc(N5CCNCC5)cn4)nn3c2N2CCCC2)cn1. The Bertz CT molecular complexity index is 1250. The van der Waals surface area contributed by atoms with Gasteiger partial charge in [-0.1, -0.05) is 0 Å². The zero-order valence-electron chi connectivity index (χ0n) is 18.8. The Morgan fingerprint density at radius 2 is 1.79 bits per heavy atom. The van der Waals surface area contributed by atoms with Gasteiger partial charge in [-0.05, 0) is 31.0 Å². The molecule has 6 rings (SSSR count). The fourth-order valence-corrected chi connectivity index (χ4v) is 4.70. The average Bonchev–Trinajstić information content (AvgIpc) is 3.59. The van der Waals surface area contributed by atoms with Gasteiger partial charge in [0.2, 0.25) is 5.95 Å². The van der Waals surface area contributed by atoms with Crippen LogP contribution in [0.1, 0.15) is 12.8 Å². The maximum atomic E-state index is 4.85. The van der Waals surface area contributed by atoms with Crippen molar-refractivity contribution >= 4 is 28.8 Å². The van der Waals surface area contributed by atoms with Gasteiger partial charge in [0.05, 0.1) is 29.8 Å². The predicted octanol–water partition coefficient (Wildman–Crippen LogP) is 2.28. The van der Waals surface area contributed by atoms with Crippen molar-refractivity contribution < 1.29 is 0 Å². The highest BCUT2D eigenvalue weighted by Gasteiger charge is 2.23. The highest BCUT2D eigenvalue weighted by molar-refractivity contribution is 5.82. The van der Waals surface area contributed by atoms with E-state index in [9.17, 15) is 0 Å². The molecular weight excluding hydrogens is 416 g/mol. The second-order valence-corrected chi connectivity index (χ2v) is 8.66. The van der Waals surface area contributed by atoms with Gasteiger partial charge in [-0.15, -0.1) is 5.10 Å². The molecule has 0 aliphatic carbocycles. The molecule has 0 bridgehead atoms. The molecule has 2 fully saturated rings. The summed E-state index contributed by atoms with van der Waals surface area (Å²) < 4.78 is 3.83. The molecule has 2 aliphatic rings. The Balaban J connectivity index is 1.32. The molecule has 0 atom stereocenters. The Hall–Kier alpha value is -3.66. The predicted molar refractivity (Wildman–Crippen MR) is 129 cm³/mol. The number of aryl methyl sites for hydroxylation is 1. The highest BCUT2D eigenvalue weighted by Crippen LogP contribution is 2.35. The number of piperazine rings is 1. The third kappa shape index (κ3) is 3.86. The van der Waals surface area contributed by atoms with Crippen LogP contribution in [0.2, 0.25) is 0 Å². The topological polar surface area (TPSA) is 91.4 Å². The van der Waals surface area contributed by atoms with Crippen LogP contribution in [0.15, 0.2) is 43.0 Å². The van der Waals surface area contributed by atoms with Gasteiger partial charge in [-0.3, -0.25) is 4.68 Å². The van der Waals surface area contributed by atoms with Gasteiger partial charge in [0.1, 0.15) is 11.6 Å². The van der Waals surface area contributed by atoms with Crippen molar-refractivity contribution in [2.75, 3.05) is 54.4 Å². The van der Waals surface area contributed by atoms with Crippen LogP contribution in [0, 0.1) is 0 Å². The van der Waals surface area contributed by atoms with Gasteiger partial charge in [-0.2, -0.15) is 5.10 Å². The molecule has 0 spiro atoms. The molecular formula is C23H28N10. The lowest BCUT2D eigenvalue weighted by Crippen LogP contribution is -2.43. The molecule has 4 aromatic rings. The Kier molecular flexibility index (Phi) is 5.06. The van der Waals surface area contributed by atoms with Crippen LogP contribution in [-0.4, -0.2) is 68.6 Å². The van der Waals surface area contributed by atoms with Crippen molar-refractivity contribution in [2.24, 2.45) is 7.05 Å². The van der Waals surface area contributed by atoms with Crippen LogP contribution >= 0.6 is 0 Å². The number of pyridine rings is 1. The van der Waals surface area contributed by atoms with Crippen LogP contribution < -0.4 is 20.4 Å². The molecule has 0 radical (unpaired) electrons. The molecule has 4 aromatic heterocycles. The summed E-state index contributed by atoms with van der Waals surface area (Å²) in [6, 6.07) is 6.24. The lowest BCUT2D eigenvalue weighted by molar-refractivity contribution is 0.589. The van der Waals surface area contributed by atoms with Crippen LogP contribution in [0.3, 0.4) is 0 Å². The molecule has 170 valence electrons. The van der Waals surface area contributed by atoms with Gasteiger partial charge < -0.3 is 20.4 Å². The van der Waals surface area contributed by atoms with Crippen LogP contribution in [0.5, 0.6) is 0 Å². The molecule has 6 heterocycles. The van der Waals surface area contributed by atoms with E-state index in [0.29, 0.717) is 5.95 Å². The molecule has 2 aliphatic heterocycles. The standard InChI is InChI=1S/C23H28N10/c1-30-16-17(13-27-30)20-12-19-15-26-23(29-33(19)22(20)32-8-2-3-9-32)28-21-5-4-18(14-25-21)31-10-6-24-7-11-31/h4-5,12-16,24H,2-3,6-11H2,1H3,(H,25,28,29). The maximum Gasteiger partial charge on any atom is 0.246 e. The van der Waals surface area contributed by atoms with E-state index in [1.54, 1.807) is 0 Å². The Labute approximate surface area is 192 Å². The normalized spacial score (nSPS) is 16.6. The van der Waals surface area contributed by atoms with E-state index in [-0.39, 0.29) is 0 Å². The van der Waals surface area contributed by atoms with Gasteiger partial charge in [0.15, 0.2) is 0 Å². The van der Waals surface area contributed by atoms with E-state index in [1.165, 1.54) is 12.8 Å². The second kappa shape index (κ2) is 8.36. The minimum atomic E-state index is 0.527. The monoisotopic (exact) mass is 444 g/mol. The van der Waals surface area contributed by atoms with Crippen molar-refractivity contribution in [1.29, 1.82) is 0 Å². The summed E-state index contributed by atoms with van der Waals surface area (Å²) in [4.78, 5) is 13.9. The number of nitrogens with zero attached hydrogens (tertiary/aromatic N) is 8. The van der Waals surface area contributed by atoms with E-state index in [4.69, 9.17) is 5.10 Å². The molecule has 0 saturated carbocycles. The molecule has 2 N–H and O–H groups in total. The quantitative estimate of drug-likeness (QED) is 0.485. The Morgan fingerprint density at radius 1 is 0.939 bits per heavy atom. The van der Waals surface area contributed by atoms with Gasteiger partial charge in [0.25, 0.3) is 0 Å². The summed E-state index contributed by atoms with van der Waals surface area (Å²) in [5, 5.41) is 15.9. The van der Waals surface area contributed by atoms with Crippen molar-refractivity contribution in [1.82, 2.24) is 34.7 Å². The minimum Gasteiger partial charge on any atom is -0.368 e. The summed E-state index contributed by atoms with van der Waals surface area (Å²) >= 11 is 0. The number of nitrogens with one attached hydrogen (secondary N) is 2. The highest BCUT2D eigenvalue weighted by atomic mass is 15.4. The number of hydrogen-bond acceptors (Lipinski definition) is 8. The fourth-order valence-electron chi connectivity index (χ4n) is 4.70. The van der Waals surface area contributed by atoms with Crippen molar-refractivity contribution in [2.45, 2.75) is 12.8 Å². The summed E-state index contributed by atoms with van der Waals surface area (Å²) in [6.45, 7) is 6.07. The third-order valence-corrected chi connectivity index (χ3v) is 6.38. The van der Waals surface area contributed by atoms with Gasteiger partial charge in [-0.25, -0.2) is 14.5 Å². The number of aromatic nitrogens is 6. The molecule has 0 aromatic carbocycles. The van der Waals surface area contributed by atoms with Crippen molar-refractivity contribution in [3.05, 3.63) is 43.0 Å². The summed E-state index contributed by atoms with van der Waals surface area (Å²) in [5.74, 6) is 2.36. The first-order valence-electron chi connectivity index (χ1n) is 11.6. The molecule has 33 heavy (non-hydrogen) atoms. The third-order valence-electron chi connectivity index (χ3n) is 6.38. The zero-order chi connectivity index (χ0) is 22.2. The van der Waals surface area contributed by atoms with Crippen LogP contribution in [0.25, 0.3) is 16.6 Å². The fraction of sp³-hybridized carbons (Fsp3) is 0.391. The number of hydrogen-bond donors (Lipinski definition) is 2.